The Morgan fingerprint density at radius 1 is 1.17 bits per heavy atom. The lowest BCUT2D eigenvalue weighted by Gasteiger charge is -2.40. The molecule has 1 aliphatic heterocycles. The average molecular weight is 338 g/mol. The van der Waals surface area contributed by atoms with Crippen molar-refractivity contribution in [3.05, 3.63) is 35.9 Å². The molecule has 0 aromatic heterocycles. The second-order valence-corrected chi connectivity index (χ2v) is 8.26. The van der Waals surface area contributed by atoms with Crippen molar-refractivity contribution < 1.29 is 13.2 Å². The van der Waals surface area contributed by atoms with Crippen LogP contribution >= 0.6 is 0 Å². The molecule has 0 bridgehead atoms. The number of hydrogen-bond acceptors (Lipinski definition) is 3. The van der Waals surface area contributed by atoms with Gasteiger partial charge in [0.2, 0.25) is 15.9 Å². The number of benzene rings is 1. The van der Waals surface area contributed by atoms with Gasteiger partial charge in [0.15, 0.2) is 0 Å². The Morgan fingerprint density at radius 3 is 2.30 bits per heavy atom. The first kappa shape index (κ1) is 17.9. The molecule has 0 radical (unpaired) electrons. The highest BCUT2D eigenvalue weighted by atomic mass is 32.2. The van der Waals surface area contributed by atoms with Crippen LogP contribution in [0.4, 0.5) is 0 Å². The van der Waals surface area contributed by atoms with E-state index >= 15 is 0 Å². The van der Waals surface area contributed by atoms with Gasteiger partial charge in [0.25, 0.3) is 0 Å². The summed E-state index contributed by atoms with van der Waals surface area (Å²) in [5.41, 5.74) is 0.345. The molecule has 0 aliphatic carbocycles. The van der Waals surface area contributed by atoms with Gasteiger partial charge in [-0.3, -0.25) is 4.79 Å². The van der Waals surface area contributed by atoms with Crippen LogP contribution in [0.2, 0.25) is 0 Å². The standard InChI is InChI=1S/C17H26N2O3S/c1-3-12-18-16(20)17(15-8-6-5-7-9-15)10-13-19(14-11-17)23(21,22)4-2/h5-9H,3-4,10-14H2,1-2H3,(H,18,20). The molecule has 128 valence electrons. The van der Waals surface area contributed by atoms with Gasteiger partial charge in [-0.1, -0.05) is 37.3 Å². The van der Waals surface area contributed by atoms with Crippen LogP contribution in [0.5, 0.6) is 0 Å². The van der Waals surface area contributed by atoms with Gasteiger partial charge >= 0.3 is 0 Å². The Balaban J connectivity index is 2.26. The molecule has 6 heteroatoms. The van der Waals surface area contributed by atoms with E-state index in [1.54, 1.807) is 6.92 Å². The summed E-state index contributed by atoms with van der Waals surface area (Å²) < 4.78 is 25.7. The van der Waals surface area contributed by atoms with E-state index in [4.69, 9.17) is 0 Å². The summed E-state index contributed by atoms with van der Waals surface area (Å²) in [6.45, 7) is 5.11. The first-order valence-electron chi connectivity index (χ1n) is 8.28. The number of carbonyl (C=O) groups excluding carboxylic acids is 1. The lowest BCUT2D eigenvalue weighted by Crippen LogP contribution is -2.53. The molecule has 1 aromatic carbocycles. The third-order valence-corrected chi connectivity index (χ3v) is 6.51. The molecular formula is C17H26N2O3S. The third kappa shape index (κ3) is 3.75. The van der Waals surface area contributed by atoms with E-state index in [1.165, 1.54) is 4.31 Å². The maximum atomic E-state index is 12.8. The van der Waals surface area contributed by atoms with Crippen LogP contribution in [0.1, 0.15) is 38.7 Å². The van der Waals surface area contributed by atoms with Gasteiger partial charge in [-0.15, -0.1) is 0 Å². The molecule has 5 nitrogen and oxygen atoms in total. The molecule has 2 rings (SSSR count). The highest BCUT2D eigenvalue weighted by Gasteiger charge is 2.44. The fourth-order valence-corrected chi connectivity index (χ4v) is 4.24. The van der Waals surface area contributed by atoms with E-state index in [9.17, 15) is 13.2 Å². The van der Waals surface area contributed by atoms with Crippen molar-refractivity contribution in [3.63, 3.8) is 0 Å². The second-order valence-electron chi connectivity index (χ2n) is 6.00. The summed E-state index contributed by atoms with van der Waals surface area (Å²) in [6.07, 6.45) is 1.92. The second kappa shape index (κ2) is 7.45. The normalized spacial score (nSPS) is 18.5. The van der Waals surface area contributed by atoms with Crippen molar-refractivity contribution in [2.45, 2.75) is 38.5 Å². The number of hydrogen-bond donors (Lipinski definition) is 1. The molecule has 1 fully saturated rings. The quantitative estimate of drug-likeness (QED) is 0.861. The minimum absolute atomic E-state index is 0.0131. The summed E-state index contributed by atoms with van der Waals surface area (Å²) in [6, 6.07) is 9.72. The number of amides is 1. The fraction of sp³-hybridized carbons (Fsp3) is 0.588. The average Bonchev–Trinajstić information content (AvgIpc) is 2.60. The molecule has 1 heterocycles. The summed E-state index contributed by atoms with van der Waals surface area (Å²) in [5, 5.41) is 3.00. The predicted molar refractivity (Wildman–Crippen MR) is 91.7 cm³/mol. The van der Waals surface area contributed by atoms with Gasteiger partial charge in [-0.2, -0.15) is 0 Å². The monoisotopic (exact) mass is 338 g/mol. The zero-order valence-corrected chi connectivity index (χ0v) is 14.7. The lowest BCUT2D eigenvalue weighted by atomic mass is 9.72. The van der Waals surface area contributed by atoms with Gasteiger partial charge in [0.05, 0.1) is 11.2 Å². The Hall–Kier alpha value is -1.40. The van der Waals surface area contributed by atoms with Crippen LogP contribution in [0.3, 0.4) is 0 Å². The van der Waals surface area contributed by atoms with Crippen molar-refractivity contribution in [3.8, 4) is 0 Å². The molecule has 23 heavy (non-hydrogen) atoms. The van der Waals surface area contributed by atoms with Gasteiger partial charge in [0.1, 0.15) is 0 Å². The van der Waals surface area contributed by atoms with E-state index < -0.39 is 15.4 Å². The minimum Gasteiger partial charge on any atom is -0.355 e. The van der Waals surface area contributed by atoms with Crippen molar-refractivity contribution >= 4 is 15.9 Å². The summed E-state index contributed by atoms with van der Waals surface area (Å²) in [7, 11) is -3.19. The van der Waals surface area contributed by atoms with Crippen molar-refractivity contribution in [1.29, 1.82) is 0 Å². The number of carbonyl (C=O) groups is 1. The summed E-state index contributed by atoms with van der Waals surface area (Å²) in [5.74, 6) is 0.118. The predicted octanol–water partition coefficient (Wildman–Crippen LogP) is 1.90. The van der Waals surface area contributed by atoms with E-state index in [-0.39, 0.29) is 11.7 Å². The van der Waals surface area contributed by atoms with Crippen molar-refractivity contribution in [2.75, 3.05) is 25.4 Å². The van der Waals surface area contributed by atoms with E-state index in [0.29, 0.717) is 32.5 Å². The van der Waals surface area contributed by atoms with Crippen molar-refractivity contribution in [1.82, 2.24) is 9.62 Å². The fourth-order valence-electron chi connectivity index (χ4n) is 3.14. The summed E-state index contributed by atoms with van der Waals surface area (Å²) >= 11 is 0. The minimum atomic E-state index is -3.19. The SMILES string of the molecule is CCCNC(=O)C1(c2ccccc2)CCN(S(=O)(=O)CC)CC1. The smallest absolute Gasteiger partial charge is 0.230 e. The third-order valence-electron chi connectivity index (χ3n) is 4.63. The van der Waals surface area contributed by atoms with Gasteiger partial charge < -0.3 is 5.32 Å². The van der Waals surface area contributed by atoms with Crippen LogP contribution < -0.4 is 5.32 Å². The van der Waals surface area contributed by atoms with E-state index in [1.807, 2.05) is 37.3 Å². The Morgan fingerprint density at radius 2 is 1.78 bits per heavy atom. The molecule has 1 amide bonds. The van der Waals surface area contributed by atoms with Gasteiger partial charge in [-0.25, -0.2) is 12.7 Å². The number of nitrogens with zero attached hydrogens (tertiary/aromatic N) is 1. The van der Waals surface area contributed by atoms with Gasteiger partial charge in [-0.05, 0) is 31.7 Å². The highest BCUT2D eigenvalue weighted by molar-refractivity contribution is 7.89. The zero-order valence-electron chi connectivity index (χ0n) is 13.9. The van der Waals surface area contributed by atoms with Crippen LogP contribution in [0, 0.1) is 0 Å². The molecule has 0 saturated carbocycles. The first-order chi connectivity index (χ1) is 11.0. The maximum Gasteiger partial charge on any atom is 0.230 e. The molecule has 1 N–H and O–H groups in total. The Labute approximate surface area is 139 Å². The Bertz CT molecular complexity index is 620. The summed E-state index contributed by atoms with van der Waals surface area (Å²) in [4.78, 5) is 12.8. The molecule has 0 spiro atoms. The largest absolute Gasteiger partial charge is 0.355 e. The lowest BCUT2D eigenvalue weighted by molar-refractivity contribution is -0.128. The maximum absolute atomic E-state index is 12.8. The van der Waals surface area contributed by atoms with Crippen LogP contribution in [-0.2, 0) is 20.2 Å². The number of piperidine rings is 1. The van der Waals surface area contributed by atoms with Gasteiger partial charge in [0, 0.05) is 19.6 Å². The van der Waals surface area contributed by atoms with Crippen LogP contribution in [0.25, 0.3) is 0 Å². The molecule has 1 aliphatic rings. The number of sulfonamides is 1. The van der Waals surface area contributed by atoms with Crippen LogP contribution in [-0.4, -0.2) is 44.0 Å². The molecule has 0 atom stereocenters. The van der Waals surface area contributed by atoms with E-state index in [0.717, 1.165) is 12.0 Å². The van der Waals surface area contributed by atoms with Crippen molar-refractivity contribution in [2.24, 2.45) is 0 Å². The molecular weight excluding hydrogens is 312 g/mol. The Kier molecular flexibility index (Phi) is 5.81. The number of nitrogens with one attached hydrogen (secondary N) is 1. The topological polar surface area (TPSA) is 66.5 Å². The molecule has 0 unspecified atom stereocenters. The molecule has 1 aromatic rings. The zero-order chi connectivity index (χ0) is 16.9. The van der Waals surface area contributed by atoms with Crippen LogP contribution in [0.15, 0.2) is 30.3 Å². The highest BCUT2D eigenvalue weighted by Crippen LogP contribution is 2.36. The molecule has 1 saturated heterocycles. The van der Waals surface area contributed by atoms with E-state index in [2.05, 4.69) is 5.32 Å². The first-order valence-corrected chi connectivity index (χ1v) is 9.89. The number of rotatable bonds is 6.